The Morgan fingerprint density at radius 2 is 1.96 bits per heavy atom. The van der Waals surface area contributed by atoms with Crippen LogP contribution in [0, 0.1) is 5.82 Å². The van der Waals surface area contributed by atoms with Crippen LogP contribution in [0.2, 0.25) is 5.02 Å². The Morgan fingerprint density at radius 1 is 1.23 bits per heavy atom. The van der Waals surface area contributed by atoms with Crippen LogP contribution in [0.25, 0.3) is 0 Å². The Kier molecular flexibility index (Phi) is 6.12. The fourth-order valence-corrected chi connectivity index (χ4v) is 3.53. The maximum atomic E-state index is 13.9. The number of ether oxygens (including phenoxy) is 1. The topological polar surface area (TPSA) is 41.6 Å². The molecule has 0 spiro atoms. The molecule has 3 rings (SSSR count). The van der Waals surface area contributed by atoms with Crippen molar-refractivity contribution in [2.45, 2.75) is 25.4 Å². The van der Waals surface area contributed by atoms with E-state index in [1.807, 2.05) is 18.2 Å². The van der Waals surface area contributed by atoms with Gasteiger partial charge in [-0.25, -0.2) is 4.39 Å². The van der Waals surface area contributed by atoms with Gasteiger partial charge in [-0.05, 0) is 31.0 Å². The summed E-state index contributed by atoms with van der Waals surface area (Å²) >= 11 is 5.96. The minimum Gasteiger partial charge on any atom is -0.496 e. The zero-order chi connectivity index (χ0) is 18.5. The molecule has 0 aromatic heterocycles. The molecule has 1 aliphatic rings. The van der Waals surface area contributed by atoms with E-state index in [9.17, 15) is 9.18 Å². The van der Waals surface area contributed by atoms with Gasteiger partial charge >= 0.3 is 0 Å². The highest BCUT2D eigenvalue weighted by Gasteiger charge is 2.24. The van der Waals surface area contributed by atoms with E-state index in [0.29, 0.717) is 0 Å². The maximum absolute atomic E-state index is 13.9. The van der Waals surface area contributed by atoms with Gasteiger partial charge < -0.3 is 10.1 Å². The summed E-state index contributed by atoms with van der Waals surface area (Å²) in [5.41, 5.74) is 1.07. The number of piperidine rings is 1. The molecule has 1 heterocycles. The number of methoxy groups -OCH3 is 1. The van der Waals surface area contributed by atoms with Gasteiger partial charge in [-0.3, -0.25) is 9.69 Å². The zero-order valence-corrected chi connectivity index (χ0v) is 15.4. The van der Waals surface area contributed by atoms with Gasteiger partial charge in [0.05, 0.1) is 17.7 Å². The third-order valence-electron chi connectivity index (χ3n) is 4.70. The van der Waals surface area contributed by atoms with Crippen molar-refractivity contribution in [2.24, 2.45) is 0 Å². The van der Waals surface area contributed by atoms with Gasteiger partial charge in [0.15, 0.2) is 0 Å². The summed E-state index contributed by atoms with van der Waals surface area (Å²) in [7, 11) is 1.68. The van der Waals surface area contributed by atoms with Crippen LogP contribution >= 0.6 is 11.6 Å². The van der Waals surface area contributed by atoms with Crippen molar-refractivity contribution in [3.05, 3.63) is 64.4 Å². The van der Waals surface area contributed by atoms with E-state index < -0.39 is 11.7 Å². The number of carbonyl (C=O) groups excluding carboxylic acids is 1. The molecule has 4 nitrogen and oxygen atoms in total. The van der Waals surface area contributed by atoms with E-state index in [4.69, 9.17) is 16.3 Å². The van der Waals surface area contributed by atoms with E-state index in [2.05, 4.69) is 16.3 Å². The number of para-hydroxylation sites is 1. The fraction of sp³-hybridized carbons (Fsp3) is 0.350. The lowest BCUT2D eigenvalue weighted by molar-refractivity contribution is 0.0905. The molecule has 0 bridgehead atoms. The summed E-state index contributed by atoms with van der Waals surface area (Å²) in [6, 6.07) is 12.3. The van der Waals surface area contributed by atoms with Crippen LogP contribution < -0.4 is 10.1 Å². The molecule has 0 atom stereocenters. The van der Waals surface area contributed by atoms with Crippen LogP contribution in [0.5, 0.6) is 5.75 Å². The second-order valence-electron chi connectivity index (χ2n) is 6.43. The molecule has 26 heavy (non-hydrogen) atoms. The van der Waals surface area contributed by atoms with Crippen molar-refractivity contribution in [3.8, 4) is 5.75 Å². The number of likely N-dealkylation sites (tertiary alicyclic amines) is 1. The summed E-state index contributed by atoms with van der Waals surface area (Å²) in [6.45, 7) is 2.52. The second-order valence-corrected chi connectivity index (χ2v) is 6.84. The van der Waals surface area contributed by atoms with E-state index in [1.54, 1.807) is 7.11 Å². The molecule has 0 unspecified atom stereocenters. The monoisotopic (exact) mass is 376 g/mol. The third-order valence-corrected chi connectivity index (χ3v) is 5.01. The molecule has 138 valence electrons. The first-order valence-electron chi connectivity index (χ1n) is 8.67. The number of benzene rings is 2. The number of amides is 1. The van der Waals surface area contributed by atoms with Gasteiger partial charge in [-0.15, -0.1) is 0 Å². The second kappa shape index (κ2) is 8.52. The molecule has 2 aromatic rings. The van der Waals surface area contributed by atoms with Crippen LogP contribution in [-0.4, -0.2) is 37.0 Å². The summed E-state index contributed by atoms with van der Waals surface area (Å²) in [4.78, 5) is 14.7. The molecule has 1 amide bonds. The lowest BCUT2D eigenvalue weighted by Crippen LogP contribution is -2.44. The smallest absolute Gasteiger partial charge is 0.255 e. The number of hydrogen-bond acceptors (Lipinski definition) is 3. The lowest BCUT2D eigenvalue weighted by atomic mass is 10.0. The van der Waals surface area contributed by atoms with Gasteiger partial charge in [-0.1, -0.05) is 35.9 Å². The summed E-state index contributed by atoms with van der Waals surface area (Å²) in [5, 5.41) is 3.04. The molecule has 1 saturated heterocycles. The Balaban J connectivity index is 1.55. The highest BCUT2D eigenvalue weighted by molar-refractivity contribution is 6.33. The van der Waals surface area contributed by atoms with Gasteiger partial charge in [-0.2, -0.15) is 0 Å². The number of rotatable bonds is 5. The molecule has 0 radical (unpaired) electrons. The molecule has 0 aliphatic carbocycles. The predicted octanol–water partition coefficient (Wildman–Crippen LogP) is 3.88. The molecular formula is C20H22ClFN2O2. The number of halogens is 2. The first-order valence-corrected chi connectivity index (χ1v) is 9.05. The lowest BCUT2D eigenvalue weighted by Gasteiger charge is -2.32. The molecule has 1 fully saturated rings. The SMILES string of the molecule is COc1ccccc1CN1CCC(NC(=O)c2c(F)cccc2Cl)CC1. The summed E-state index contributed by atoms with van der Waals surface area (Å²) in [6.07, 6.45) is 1.62. The number of hydrogen-bond donors (Lipinski definition) is 1. The zero-order valence-electron chi connectivity index (χ0n) is 14.7. The Hall–Kier alpha value is -2.11. The van der Waals surface area contributed by atoms with Crippen LogP contribution in [-0.2, 0) is 6.54 Å². The van der Waals surface area contributed by atoms with Crippen molar-refractivity contribution in [1.29, 1.82) is 0 Å². The molecule has 6 heteroatoms. The average Bonchev–Trinajstić information content (AvgIpc) is 2.63. The van der Waals surface area contributed by atoms with Crippen molar-refractivity contribution in [2.75, 3.05) is 20.2 Å². The highest BCUT2D eigenvalue weighted by Crippen LogP contribution is 2.23. The maximum Gasteiger partial charge on any atom is 0.255 e. The van der Waals surface area contributed by atoms with Crippen LogP contribution in [0.15, 0.2) is 42.5 Å². The molecular weight excluding hydrogens is 355 g/mol. The van der Waals surface area contributed by atoms with Crippen molar-refractivity contribution >= 4 is 17.5 Å². The Labute approximate surface area is 157 Å². The van der Waals surface area contributed by atoms with E-state index in [1.165, 1.54) is 18.2 Å². The molecule has 1 N–H and O–H groups in total. The third kappa shape index (κ3) is 4.34. The quantitative estimate of drug-likeness (QED) is 0.861. The van der Waals surface area contributed by atoms with Crippen molar-refractivity contribution < 1.29 is 13.9 Å². The van der Waals surface area contributed by atoms with Gasteiger partial charge in [0.25, 0.3) is 5.91 Å². The molecule has 1 aliphatic heterocycles. The number of carbonyl (C=O) groups is 1. The largest absolute Gasteiger partial charge is 0.496 e. The molecule has 0 saturated carbocycles. The van der Waals surface area contributed by atoms with Crippen LogP contribution in [0.4, 0.5) is 4.39 Å². The van der Waals surface area contributed by atoms with Crippen LogP contribution in [0.3, 0.4) is 0 Å². The van der Waals surface area contributed by atoms with E-state index >= 15 is 0 Å². The van der Waals surface area contributed by atoms with Gasteiger partial charge in [0.1, 0.15) is 11.6 Å². The van der Waals surface area contributed by atoms with E-state index in [-0.39, 0.29) is 16.6 Å². The number of nitrogens with zero attached hydrogens (tertiary/aromatic N) is 1. The number of nitrogens with one attached hydrogen (secondary N) is 1. The fourth-order valence-electron chi connectivity index (χ4n) is 3.28. The van der Waals surface area contributed by atoms with Gasteiger partial charge in [0, 0.05) is 31.2 Å². The van der Waals surface area contributed by atoms with Gasteiger partial charge in [0.2, 0.25) is 0 Å². The average molecular weight is 377 g/mol. The van der Waals surface area contributed by atoms with Crippen molar-refractivity contribution in [3.63, 3.8) is 0 Å². The summed E-state index contributed by atoms with van der Waals surface area (Å²) in [5.74, 6) is -0.156. The Morgan fingerprint density at radius 3 is 2.65 bits per heavy atom. The predicted molar refractivity (Wildman–Crippen MR) is 100 cm³/mol. The standard InChI is InChI=1S/C20H22ClFN2O2/c1-26-18-8-3-2-5-14(18)13-24-11-9-15(10-12-24)23-20(25)19-16(21)6-4-7-17(19)22/h2-8,15H,9-13H2,1H3,(H,23,25). The minimum atomic E-state index is -0.594. The first kappa shape index (κ1) is 18.7. The van der Waals surface area contributed by atoms with Crippen molar-refractivity contribution in [1.82, 2.24) is 10.2 Å². The minimum absolute atomic E-state index is 0.0205. The Bertz CT molecular complexity index is 756. The van der Waals surface area contributed by atoms with Crippen LogP contribution in [0.1, 0.15) is 28.8 Å². The normalized spacial score (nSPS) is 15.7. The highest BCUT2D eigenvalue weighted by atomic mass is 35.5. The summed E-state index contributed by atoms with van der Waals surface area (Å²) < 4.78 is 19.3. The first-order chi connectivity index (χ1) is 12.6. The van der Waals surface area contributed by atoms with E-state index in [0.717, 1.165) is 43.8 Å². The molecule has 2 aromatic carbocycles.